The van der Waals surface area contributed by atoms with E-state index in [0.717, 1.165) is 0 Å². The van der Waals surface area contributed by atoms with Gasteiger partial charge in [-0.25, -0.2) is 22.2 Å². The first-order valence-electron chi connectivity index (χ1n) is 10.1. The molecule has 0 bridgehead atoms. The molecule has 5 rings (SSSR count). The van der Waals surface area contributed by atoms with Crippen molar-refractivity contribution in [2.75, 3.05) is 4.72 Å². The number of imidazole rings is 1. The van der Waals surface area contributed by atoms with E-state index in [1.807, 2.05) is 4.72 Å². The summed E-state index contributed by atoms with van der Waals surface area (Å²) < 4.78 is 64.6. The molecule has 0 saturated heterocycles. The smallest absolute Gasteiger partial charge is 0.266 e. The lowest BCUT2D eigenvalue weighted by molar-refractivity contribution is 0.433. The van der Waals surface area contributed by atoms with Crippen LogP contribution in [0.25, 0.3) is 16.9 Å². The number of nitrogens with one attached hydrogen (secondary N) is 1. The monoisotopic (exact) mass is 547 g/mol. The third-order valence-corrected chi connectivity index (χ3v) is 6.82. The molecular weight excluding hydrogens is 535 g/mol. The van der Waals surface area contributed by atoms with E-state index in [0.29, 0.717) is 34.1 Å². The van der Waals surface area contributed by atoms with Crippen LogP contribution in [0.1, 0.15) is 0 Å². The van der Waals surface area contributed by atoms with Crippen molar-refractivity contribution in [1.29, 1.82) is 0 Å². The van der Waals surface area contributed by atoms with Crippen LogP contribution in [0.3, 0.4) is 0 Å². The predicted molar refractivity (Wildman–Crippen MR) is 130 cm³/mol. The summed E-state index contributed by atoms with van der Waals surface area (Å²) in [5, 5.41) is 7.46. The summed E-state index contributed by atoms with van der Waals surface area (Å²) >= 11 is 11.8. The minimum Gasteiger partial charge on any atom is -0.453 e. The molecule has 0 amide bonds. The molecule has 0 aliphatic rings. The number of benzene rings is 2. The van der Waals surface area contributed by atoms with Crippen molar-refractivity contribution in [3.05, 3.63) is 94.9 Å². The predicted octanol–water partition coefficient (Wildman–Crippen LogP) is 5.97. The average molecular weight is 548 g/mol. The lowest BCUT2D eigenvalue weighted by Crippen LogP contribution is -2.16. The van der Waals surface area contributed by atoms with Crippen LogP contribution in [0, 0.1) is 11.6 Å². The van der Waals surface area contributed by atoms with Crippen molar-refractivity contribution in [1.82, 2.24) is 19.6 Å². The van der Waals surface area contributed by atoms with Gasteiger partial charge in [-0.05, 0) is 42.5 Å². The molecule has 0 spiro atoms. The Morgan fingerprint density at radius 3 is 2.53 bits per heavy atom. The number of rotatable bonds is 6. The highest BCUT2D eigenvalue weighted by atomic mass is 35.5. The quantitative estimate of drug-likeness (QED) is 0.281. The Balaban J connectivity index is 1.51. The summed E-state index contributed by atoms with van der Waals surface area (Å²) in [7, 11) is -4.54. The largest absolute Gasteiger partial charge is 0.453 e. The number of aromatic nitrogens is 4. The van der Waals surface area contributed by atoms with E-state index in [4.69, 9.17) is 27.9 Å². The van der Waals surface area contributed by atoms with E-state index in [9.17, 15) is 17.2 Å². The van der Waals surface area contributed by atoms with Crippen molar-refractivity contribution < 1.29 is 21.9 Å². The molecule has 3 aromatic heterocycles. The average Bonchev–Trinajstić information content (AvgIpc) is 3.33. The van der Waals surface area contributed by atoms with Crippen LogP contribution in [0.15, 0.2) is 78.0 Å². The normalized spacial score (nSPS) is 11.6. The third-order valence-electron chi connectivity index (χ3n) is 5.01. The van der Waals surface area contributed by atoms with E-state index in [1.54, 1.807) is 41.1 Å². The topological polar surface area (TPSA) is 98.5 Å². The zero-order chi connectivity index (χ0) is 25.4. The molecule has 3 heterocycles. The molecule has 0 atom stereocenters. The molecule has 8 nitrogen and oxygen atoms in total. The van der Waals surface area contributed by atoms with Gasteiger partial charge in [-0.3, -0.25) is 9.12 Å². The second-order valence-corrected chi connectivity index (χ2v) is 9.84. The second-order valence-electron chi connectivity index (χ2n) is 7.37. The number of hydrogen-bond acceptors (Lipinski definition) is 6. The number of hydrogen-bond donors (Lipinski definition) is 1. The Morgan fingerprint density at radius 2 is 1.75 bits per heavy atom. The Kier molecular flexibility index (Phi) is 6.20. The van der Waals surface area contributed by atoms with Crippen LogP contribution < -0.4 is 9.46 Å². The minimum absolute atomic E-state index is 0.0301. The van der Waals surface area contributed by atoms with E-state index < -0.39 is 32.3 Å². The maximum atomic E-state index is 15.0. The van der Waals surface area contributed by atoms with E-state index >= 15 is 0 Å². The standard InChI is InChI=1S/C23H13Cl2F2N5O3S/c24-13-4-5-18(14(10-13)17-2-1-3-23-28-8-9-32(17)23)35-19-11-16(27)20(12-15(19)26)36(33,34)31-22-7-6-21(25)29-30-22/h1-12H,(H,30,31). The lowest BCUT2D eigenvalue weighted by Gasteiger charge is -2.15. The van der Waals surface area contributed by atoms with Gasteiger partial charge >= 0.3 is 0 Å². The SMILES string of the molecule is O=S(=O)(Nc1ccc(Cl)nn1)c1cc(F)c(Oc2ccc(Cl)cc2-c2cccc3nccn23)cc1F. The van der Waals surface area contributed by atoms with Crippen molar-refractivity contribution in [3.8, 4) is 22.8 Å². The van der Waals surface area contributed by atoms with Crippen LogP contribution in [-0.2, 0) is 10.0 Å². The van der Waals surface area contributed by atoms with Gasteiger partial charge in [0.2, 0.25) is 0 Å². The summed E-state index contributed by atoms with van der Waals surface area (Å²) in [6.07, 6.45) is 3.34. The van der Waals surface area contributed by atoms with Crippen molar-refractivity contribution in [2.24, 2.45) is 0 Å². The maximum absolute atomic E-state index is 15.0. The van der Waals surface area contributed by atoms with Gasteiger partial charge in [0.15, 0.2) is 22.5 Å². The number of anilines is 1. The molecule has 0 fully saturated rings. The number of fused-ring (bicyclic) bond motifs is 1. The number of ether oxygens (including phenoxy) is 1. The molecule has 0 unspecified atom stereocenters. The van der Waals surface area contributed by atoms with Crippen molar-refractivity contribution >= 4 is 44.7 Å². The number of pyridine rings is 1. The fourth-order valence-corrected chi connectivity index (χ4v) is 4.78. The van der Waals surface area contributed by atoms with Crippen LogP contribution in [0.4, 0.5) is 14.6 Å². The fourth-order valence-electron chi connectivity index (χ4n) is 3.43. The van der Waals surface area contributed by atoms with E-state index in [2.05, 4.69) is 15.2 Å². The number of sulfonamides is 1. The second kappa shape index (κ2) is 9.34. The Labute approximate surface area is 213 Å². The number of halogens is 4. The van der Waals surface area contributed by atoms with E-state index in [-0.39, 0.29) is 16.7 Å². The van der Waals surface area contributed by atoms with Crippen LogP contribution in [-0.4, -0.2) is 28.0 Å². The Bertz CT molecular complexity index is 1710. The molecule has 13 heteroatoms. The van der Waals surface area contributed by atoms with Gasteiger partial charge in [-0.1, -0.05) is 29.3 Å². The molecule has 36 heavy (non-hydrogen) atoms. The molecule has 1 N–H and O–H groups in total. The molecule has 2 aromatic carbocycles. The summed E-state index contributed by atoms with van der Waals surface area (Å²) in [6, 6.07) is 13.7. The zero-order valence-corrected chi connectivity index (χ0v) is 20.2. The summed E-state index contributed by atoms with van der Waals surface area (Å²) in [5.74, 6) is -2.95. The summed E-state index contributed by atoms with van der Waals surface area (Å²) in [6.45, 7) is 0. The highest BCUT2D eigenvalue weighted by Crippen LogP contribution is 2.37. The van der Waals surface area contributed by atoms with Crippen molar-refractivity contribution in [2.45, 2.75) is 4.90 Å². The van der Waals surface area contributed by atoms with Gasteiger partial charge in [0, 0.05) is 35.1 Å². The van der Waals surface area contributed by atoms with Crippen LogP contribution in [0.2, 0.25) is 10.2 Å². The van der Waals surface area contributed by atoms with Crippen molar-refractivity contribution in [3.63, 3.8) is 0 Å². The third kappa shape index (κ3) is 4.68. The molecule has 0 saturated carbocycles. The van der Waals surface area contributed by atoms with Gasteiger partial charge in [0.25, 0.3) is 10.0 Å². The molecule has 182 valence electrons. The molecule has 0 radical (unpaired) electrons. The lowest BCUT2D eigenvalue weighted by atomic mass is 10.1. The highest BCUT2D eigenvalue weighted by molar-refractivity contribution is 7.92. The molecule has 0 aliphatic carbocycles. The first-order valence-corrected chi connectivity index (χ1v) is 12.4. The van der Waals surface area contributed by atoms with Crippen LogP contribution in [0.5, 0.6) is 11.5 Å². The fraction of sp³-hybridized carbons (Fsp3) is 0. The molecular formula is C23H13Cl2F2N5O3S. The Hall–Kier alpha value is -3.80. The molecule has 5 aromatic rings. The van der Waals surface area contributed by atoms with Gasteiger partial charge in [0.05, 0.1) is 5.69 Å². The zero-order valence-electron chi connectivity index (χ0n) is 17.9. The first-order chi connectivity index (χ1) is 17.2. The Morgan fingerprint density at radius 1 is 0.917 bits per heavy atom. The van der Waals surface area contributed by atoms with Crippen LogP contribution >= 0.6 is 23.2 Å². The molecule has 0 aliphatic heterocycles. The first kappa shape index (κ1) is 23.9. The van der Waals surface area contributed by atoms with Gasteiger partial charge in [0.1, 0.15) is 22.1 Å². The maximum Gasteiger partial charge on any atom is 0.266 e. The van der Waals surface area contributed by atoms with Gasteiger partial charge in [-0.2, -0.15) is 0 Å². The highest BCUT2D eigenvalue weighted by Gasteiger charge is 2.24. The van der Waals surface area contributed by atoms with Gasteiger partial charge in [-0.15, -0.1) is 10.2 Å². The van der Waals surface area contributed by atoms with E-state index in [1.165, 1.54) is 24.3 Å². The summed E-state index contributed by atoms with van der Waals surface area (Å²) in [4.78, 5) is 3.29. The minimum atomic E-state index is -4.54. The van der Waals surface area contributed by atoms with Gasteiger partial charge < -0.3 is 4.74 Å². The summed E-state index contributed by atoms with van der Waals surface area (Å²) in [5.41, 5.74) is 1.77. The number of nitrogens with zero attached hydrogens (tertiary/aromatic N) is 4.